The van der Waals surface area contributed by atoms with Crippen molar-refractivity contribution in [3.05, 3.63) is 11.7 Å². The lowest BCUT2D eigenvalue weighted by molar-refractivity contribution is -0.175. The molecule has 1 aromatic heterocycles. The average Bonchev–Trinajstić information content (AvgIpc) is 2.84. The third-order valence-corrected chi connectivity index (χ3v) is 5.37. The van der Waals surface area contributed by atoms with E-state index in [2.05, 4.69) is 50.1 Å². The van der Waals surface area contributed by atoms with Crippen LogP contribution in [-0.4, -0.2) is 28.9 Å². The maximum absolute atomic E-state index is 5.91. The van der Waals surface area contributed by atoms with Crippen LogP contribution in [0, 0.1) is 5.41 Å². The van der Waals surface area contributed by atoms with E-state index in [9.17, 15) is 0 Å². The van der Waals surface area contributed by atoms with Crippen LogP contribution >= 0.6 is 0 Å². The van der Waals surface area contributed by atoms with E-state index in [1.165, 1.54) is 19.3 Å². The maximum Gasteiger partial charge on any atom is 0.243 e. The highest BCUT2D eigenvalue weighted by molar-refractivity contribution is 5.13. The number of ether oxygens (including phenoxy) is 1. The highest BCUT2D eigenvalue weighted by Crippen LogP contribution is 2.57. The van der Waals surface area contributed by atoms with Gasteiger partial charge in [0, 0.05) is 23.5 Å². The van der Waals surface area contributed by atoms with Crippen molar-refractivity contribution >= 4 is 0 Å². The van der Waals surface area contributed by atoms with E-state index in [0.717, 1.165) is 18.9 Å². The van der Waals surface area contributed by atoms with Crippen LogP contribution in [0.25, 0.3) is 0 Å². The summed E-state index contributed by atoms with van der Waals surface area (Å²) in [5, 5.41) is 7.83. The third kappa shape index (κ3) is 2.58. The fourth-order valence-corrected chi connectivity index (χ4v) is 3.76. The molecule has 2 aliphatic carbocycles. The SMILES string of the molecule is CCO[C@@H]1C[C@@H](N[C@H](C)c2nc(C(C)(C)C)no2)C12CCC2. The minimum Gasteiger partial charge on any atom is -0.378 e. The lowest BCUT2D eigenvalue weighted by atomic mass is 9.51. The number of hydrogen-bond donors (Lipinski definition) is 1. The van der Waals surface area contributed by atoms with Gasteiger partial charge in [0.1, 0.15) is 0 Å². The summed E-state index contributed by atoms with van der Waals surface area (Å²) in [5.41, 5.74) is 0.282. The van der Waals surface area contributed by atoms with Gasteiger partial charge in [0.05, 0.1) is 12.1 Å². The zero-order valence-electron chi connectivity index (χ0n) is 14.5. The van der Waals surface area contributed by atoms with Gasteiger partial charge in [0.2, 0.25) is 5.89 Å². The summed E-state index contributed by atoms with van der Waals surface area (Å²) < 4.78 is 11.4. The first-order valence-electron chi connectivity index (χ1n) is 8.58. The molecule has 3 atom stereocenters. The minimum absolute atomic E-state index is 0.0762. The molecule has 1 heterocycles. The molecule has 5 heteroatoms. The van der Waals surface area contributed by atoms with Crippen molar-refractivity contribution in [3.8, 4) is 0 Å². The van der Waals surface area contributed by atoms with Crippen molar-refractivity contribution in [2.75, 3.05) is 6.61 Å². The molecule has 5 nitrogen and oxygen atoms in total. The van der Waals surface area contributed by atoms with Crippen molar-refractivity contribution in [3.63, 3.8) is 0 Å². The van der Waals surface area contributed by atoms with Gasteiger partial charge in [-0.1, -0.05) is 32.3 Å². The summed E-state index contributed by atoms with van der Waals surface area (Å²) in [6, 6.07) is 0.603. The van der Waals surface area contributed by atoms with Gasteiger partial charge in [-0.3, -0.25) is 0 Å². The van der Waals surface area contributed by atoms with E-state index in [1.54, 1.807) is 0 Å². The first-order valence-corrected chi connectivity index (χ1v) is 8.58. The molecule has 2 saturated carbocycles. The second-order valence-electron chi connectivity index (χ2n) is 7.91. The number of nitrogens with zero attached hydrogens (tertiary/aromatic N) is 2. The number of nitrogens with one attached hydrogen (secondary N) is 1. The molecule has 0 unspecified atom stereocenters. The summed E-state index contributed by atoms with van der Waals surface area (Å²) in [5.74, 6) is 1.47. The van der Waals surface area contributed by atoms with Crippen LogP contribution in [0.4, 0.5) is 0 Å². The van der Waals surface area contributed by atoms with E-state index in [-0.39, 0.29) is 11.5 Å². The van der Waals surface area contributed by atoms with Crippen molar-refractivity contribution in [2.45, 2.75) is 83.9 Å². The second kappa shape index (κ2) is 5.60. The Hall–Kier alpha value is -0.940. The Balaban J connectivity index is 1.63. The Morgan fingerprint density at radius 3 is 2.64 bits per heavy atom. The lowest BCUT2D eigenvalue weighted by Crippen LogP contribution is -2.67. The number of aromatic nitrogens is 2. The molecular weight excluding hydrogens is 278 g/mol. The van der Waals surface area contributed by atoms with Crippen LogP contribution in [-0.2, 0) is 10.2 Å². The van der Waals surface area contributed by atoms with Crippen LogP contribution in [0.2, 0.25) is 0 Å². The second-order valence-corrected chi connectivity index (χ2v) is 7.91. The zero-order valence-corrected chi connectivity index (χ0v) is 14.5. The third-order valence-electron chi connectivity index (χ3n) is 5.37. The summed E-state index contributed by atoms with van der Waals surface area (Å²) in [4.78, 5) is 4.57. The molecule has 0 amide bonds. The zero-order chi connectivity index (χ0) is 16.0. The van der Waals surface area contributed by atoms with Crippen molar-refractivity contribution in [1.82, 2.24) is 15.5 Å². The van der Waals surface area contributed by atoms with E-state index < -0.39 is 0 Å². The van der Waals surface area contributed by atoms with Crippen LogP contribution in [0.5, 0.6) is 0 Å². The average molecular weight is 307 g/mol. The van der Waals surface area contributed by atoms with E-state index in [0.29, 0.717) is 23.5 Å². The number of hydrogen-bond acceptors (Lipinski definition) is 5. The monoisotopic (exact) mass is 307 g/mol. The van der Waals surface area contributed by atoms with Gasteiger partial charge in [-0.05, 0) is 33.1 Å². The van der Waals surface area contributed by atoms with Crippen molar-refractivity contribution < 1.29 is 9.26 Å². The van der Waals surface area contributed by atoms with Crippen molar-refractivity contribution in [1.29, 1.82) is 0 Å². The predicted molar refractivity (Wildman–Crippen MR) is 84.7 cm³/mol. The Bertz CT molecular complexity index is 516. The van der Waals surface area contributed by atoms with Gasteiger partial charge in [-0.2, -0.15) is 4.98 Å². The summed E-state index contributed by atoms with van der Waals surface area (Å²) in [6.45, 7) is 11.3. The van der Waals surface area contributed by atoms with Gasteiger partial charge >= 0.3 is 0 Å². The van der Waals surface area contributed by atoms with Crippen LogP contribution in [0.1, 0.15) is 78.1 Å². The molecule has 22 heavy (non-hydrogen) atoms. The van der Waals surface area contributed by atoms with Crippen LogP contribution < -0.4 is 5.32 Å². The Morgan fingerprint density at radius 2 is 2.14 bits per heavy atom. The fourth-order valence-electron chi connectivity index (χ4n) is 3.76. The molecule has 1 N–H and O–H groups in total. The summed E-state index contributed by atoms with van der Waals surface area (Å²) in [6.07, 6.45) is 5.41. The van der Waals surface area contributed by atoms with Crippen LogP contribution in [0.15, 0.2) is 4.52 Å². The highest BCUT2D eigenvalue weighted by atomic mass is 16.5. The fraction of sp³-hybridized carbons (Fsp3) is 0.882. The normalized spacial score (nSPS) is 28.2. The topological polar surface area (TPSA) is 60.2 Å². The summed E-state index contributed by atoms with van der Waals surface area (Å²) >= 11 is 0. The molecule has 1 spiro atoms. The smallest absolute Gasteiger partial charge is 0.243 e. The van der Waals surface area contributed by atoms with Crippen LogP contribution in [0.3, 0.4) is 0 Å². The first-order chi connectivity index (χ1) is 10.4. The molecular formula is C17H29N3O2. The van der Waals surface area contributed by atoms with E-state index in [1.807, 2.05) is 0 Å². The standard InChI is InChI=1S/C17H29N3O2/c1-6-21-13-10-12(17(13)8-7-9-17)18-11(2)14-19-15(20-22-14)16(3,4)5/h11-13,18H,6-10H2,1-5H3/t11-,12-,13-/m1/s1. The summed E-state index contributed by atoms with van der Waals surface area (Å²) in [7, 11) is 0. The molecule has 124 valence electrons. The van der Waals surface area contributed by atoms with Gasteiger partial charge in [0.25, 0.3) is 0 Å². The Labute approximate surface area is 133 Å². The van der Waals surface area contributed by atoms with Gasteiger partial charge in [-0.25, -0.2) is 0 Å². The molecule has 1 aromatic rings. The molecule has 3 rings (SSSR count). The molecule has 0 saturated heterocycles. The first kappa shape index (κ1) is 15.9. The lowest BCUT2D eigenvalue weighted by Gasteiger charge is -2.61. The molecule has 2 aliphatic rings. The molecule has 0 aromatic carbocycles. The quantitative estimate of drug-likeness (QED) is 0.904. The molecule has 0 radical (unpaired) electrons. The Kier molecular flexibility index (Phi) is 4.06. The van der Waals surface area contributed by atoms with Crippen molar-refractivity contribution in [2.24, 2.45) is 5.41 Å². The largest absolute Gasteiger partial charge is 0.378 e. The molecule has 0 bridgehead atoms. The maximum atomic E-state index is 5.91. The number of rotatable bonds is 5. The van der Waals surface area contributed by atoms with E-state index >= 15 is 0 Å². The minimum atomic E-state index is -0.0762. The van der Waals surface area contributed by atoms with E-state index in [4.69, 9.17) is 9.26 Å². The van der Waals surface area contributed by atoms with Gasteiger partial charge in [0.15, 0.2) is 5.82 Å². The molecule has 2 fully saturated rings. The van der Waals surface area contributed by atoms with Gasteiger partial charge < -0.3 is 14.6 Å². The Morgan fingerprint density at radius 1 is 1.41 bits per heavy atom. The predicted octanol–water partition coefficient (Wildman–Crippen LogP) is 3.37. The highest BCUT2D eigenvalue weighted by Gasteiger charge is 2.59. The molecule has 0 aliphatic heterocycles. The van der Waals surface area contributed by atoms with Gasteiger partial charge in [-0.15, -0.1) is 0 Å².